The van der Waals surface area contributed by atoms with Crippen LogP contribution >= 0.6 is 0 Å². The second-order valence-electron chi connectivity index (χ2n) is 13.7. The van der Waals surface area contributed by atoms with Crippen LogP contribution in [0.4, 0.5) is 16.2 Å². The maximum Gasteiger partial charge on any atom is 0.404 e. The van der Waals surface area contributed by atoms with Gasteiger partial charge in [0.25, 0.3) is 0 Å². The summed E-state index contributed by atoms with van der Waals surface area (Å²) in [4.78, 5) is 11.5. The van der Waals surface area contributed by atoms with Crippen molar-refractivity contribution in [2.75, 3.05) is 38.5 Å². The molecule has 0 spiro atoms. The molecule has 0 saturated heterocycles. The number of amides is 1. The van der Waals surface area contributed by atoms with Gasteiger partial charge in [0.15, 0.2) is 9.84 Å². The van der Waals surface area contributed by atoms with Gasteiger partial charge in [-0.15, -0.1) is 10.2 Å². The minimum atomic E-state index is -4.94. The van der Waals surface area contributed by atoms with Crippen molar-refractivity contribution in [3.05, 3.63) is 120 Å². The number of carbonyl (C=O) groups is 1. The minimum Gasteiger partial charge on any atom is -0.497 e. The van der Waals surface area contributed by atoms with Crippen LogP contribution in [0.3, 0.4) is 0 Å². The number of carboxylic acid groups (broad SMARTS) is 1. The molecule has 5 aromatic carbocycles. The number of sulfone groups is 1. The highest BCUT2D eigenvalue weighted by molar-refractivity contribution is 7.93. The molecule has 0 bridgehead atoms. The zero-order chi connectivity index (χ0) is 43.2. The van der Waals surface area contributed by atoms with E-state index in [4.69, 9.17) is 25.7 Å². The van der Waals surface area contributed by atoms with E-state index < -0.39 is 47.5 Å². The number of methoxy groups -OCH3 is 3. The summed E-state index contributed by atoms with van der Waals surface area (Å²) in [5.74, 6) is 0.681. The number of para-hydroxylation sites is 1. The van der Waals surface area contributed by atoms with Gasteiger partial charge in [-0.3, -0.25) is 0 Å². The molecule has 6 rings (SSSR count). The molecule has 1 heterocycles. The summed E-state index contributed by atoms with van der Waals surface area (Å²) in [6.45, 7) is 1.01. The Labute approximate surface area is 347 Å². The second-order valence-corrected chi connectivity index (χ2v) is 17.6. The fourth-order valence-corrected chi connectivity index (χ4v) is 10.5. The van der Waals surface area contributed by atoms with Crippen LogP contribution in [0.2, 0.25) is 0 Å². The van der Waals surface area contributed by atoms with Crippen LogP contribution in [-0.4, -0.2) is 85.7 Å². The molecule has 1 amide bonds. The van der Waals surface area contributed by atoms with E-state index >= 15 is 8.42 Å². The van der Waals surface area contributed by atoms with Crippen LogP contribution in [-0.2, 0) is 39.5 Å². The summed E-state index contributed by atoms with van der Waals surface area (Å²) >= 11 is 0. The molecule has 17 nitrogen and oxygen atoms in total. The maximum atomic E-state index is 15.8. The normalized spacial score (nSPS) is 12.2. The Kier molecular flexibility index (Phi) is 12.9. The van der Waals surface area contributed by atoms with Crippen molar-refractivity contribution < 1.29 is 40.9 Å². The number of ether oxygens (including phenoxy) is 3. The first-order chi connectivity index (χ1) is 28.6. The van der Waals surface area contributed by atoms with Crippen LogP contribution in [0.1, 0.15) is 23.6 Å². The number of nitrogen functional groups attached to an aromatic ring is 2. The van der Waals surface area contributed by atoms with Crippen LogP contribution < -0.4 is 31.0 Å². The van der Waals surface area contributed by atoms with Crippen molar-refractivity contribution >= 4 is 37.3 Å². The molecule has 0 aliphatic rings. The molecule has 314 valence electrons. The smallest absolute Gasteiger partial charge is 0.404 e. The highest BCUT2D eigenvalue weighted by Crippen LogP contribution is 2.44. The largest absolute Gasteiger partial charge is 0.497 e. The average Bonchev–Trinajstić information content (AvgIpc) is 3.69. The van der Waals surface area contributed by atoms with Gasteiger partial charge in [-0.1, -0.05) is 54.6 Å². The van der Waals surface area contributed by atoms with E-state index in [0.717, 1.165) is 15.9 Å². The van der Waals surface area contributed by atoms with Crippen LogP contribution in [0, 0.1) is 0 Å². The van der Waals surface area contributed by atoms with Crippen LogP contribution in [0.25, 0.3) is 22.5 Å². The Hall–Kier alpha value is -6.70. The first-order valence-corrected chi connectivity index (χ1v) is 21.4. The molecule has 60 heavy (non-hydrogen) atoms. The number of rotatable bonds is 17. The standard InChI is InChI=1S/C41H44N8O9S2/c1-26(44-41(50)51)25-59(52,53)36-21-20-33(34-6-5-7-35(42)38(34)43)37(40-45-47-49(46-40)24-29-12-18-32(58-4)19-13-29)39(36)60(54,55)48(22-27-8-14-30(56-2)15-9-27)23-28-10-16-31(57-3)17-11-28/h5-21,26,44H,22-25,42-43H2,1-4H3,(H,50,51). The summed E-state index contributed by atoms with van der Waals surface area (Å²) < 4.78 is 77.7. The van der Waals surface area contributed by atoms with Gasteiger partial charge in [-0.25, -0.2) is 21.6 Å². The number of sulfonamides is 1. The number of anilines is 2. The number of nitrogens with one attached hydrogen (secondary N) is 1. The van der Waals surface area contributed by atoms with Crippen LogP contribution in [0.5, 0.6) is 17.2 Å². The lowest BCUT2D eigenvalue weighted by molar-refractivity contribution is 0.192. The number of nitrogens with zero attached hydrogens (tertiary/aromatic N) is 5. The third-order valence-corrected chi connectivity index (χ3v) is 13.5. The summed E-state index contributed by atoms with van der Waals surface area (Å²) in [6.07, 6.45) is -1.46. The SMILES string of the molecule is COc1ccc(CN(Cc2ccc(OC)cc2)S(=O)(=O)c2c(S(=O)(=O)CC(C)NC(=O)O)ccc(-c3cccc(N)c3N)c2-c2nnn(Cc3ccc(OC)cc3)n2)cc1. The molecule has 0 aliphatic heterocycles. The molecular formula is C41H44N8O9S2. The van der Waals surface area contributed by atoms with Crippen LogP contribution in [0.15, 0.2) is 113 Å². The quantitative estimate of drug-likeness (QED) is 0.0876. The molecule has 1 unspecified atom stereocenters. The number of aromatic nitrogens is 4. The highest BCUT2D eigenvalue weighted by Gasteiger charge is 2.38. The third kappa shape index (κ3) is 9.60. The van der Waals surface area contributed by atoms with Crippen molar-refractivity contribution in [1.82, 2.24) is 29.8 Å². The maximum absolute atomic E-state index is 15.8. The van der Waals surface area contributed by atoms with Crippen molar-refractivity contribution in [3.63, 3.8) is 0 Å². The van der Waals surface area contributed by atoms with Gasteiger partial charge in [0, 0.05) is 24.7 Å². The number of nitrogens with two attached hydrogens (primary N) is 2. The van der Waals surface area contributed by atoms with E-state index in [1.807, 2.05) is 0 Å². The number of tetrazole rings is 1. The third-order valence-electron chi connectivity index (χ3n) is 9.52. The molecular weight excluding hydrogens is 813 g/mol. The van der Waals surface area contributed by atoms with Gasteiger partial charge >= 0.3 is 6.09 Å². The number of benzene rings is 5. The Morgan fingerprint density at radius 1 is 0.767 bits per heavy atom. The van der Waals surface area contributed by atoms with Gasteiger partial charge in [0.05, 0.1) is 55.5 Å². The average molecular weight is 857 g/mol. The number of hydrogen-bond donors (Lipinski definition) is 4. The predicted molar refractivity (Wildman–Crippen MR) is 225 cm³/mol. The van der Waals surface area contributed by atoms with Crippen molar-refractivity contribution in [2.24, 2.45) is 0 Å². The molecule has 0 aliphatic carbocycles. The lowest BCUT2D eigenvalue weighted by atomic mass is 9.97. The minimum absolute atomic E-state index is 0.0935. The summed E-state index contributed by atoms with van der Waals surface area (Å²) in [5, 5.41) is 24.7. The Morgan fingerprint density at radius 2 is 1.30 bits per heavy atom. The highest BCUT2D eigenvalue weighted by atomic mass is 32.2. The van der Waals surface area contributed by atoms with E-state index in [9.17, 15) is 18.3 Å². The Bertz CT molecular complexity index is 2640. The van der Waals surface area contributed by atoms with Gasteiger partial charge in [-0.2, -0.15) is 9.10 Å². The molecule has 1 atom stereocenters. The summed E-state index contributed by atoms with van der Waals surface area (Å²) in [7, 11) is -5.01. The molecule has 19 heteroatoms. The van der Waals surface area contributed by atoms with E-state index in [0.29, 0.717) is 28.4 Å². The van der Waals surface area contributed by atoms with E-state index in [1.54, 1.807) is 98.1 Å². The van der Waals surface area contributed by atoms with Crippen molar-refractivity contribution in [3.8, 4) is 39.8 Å². The molecule has 0 fully saturated rings. The molecule has 1 aromatic heterocycles. The zero-order valence-corrected chi connectivity index (χ0v) is 34.8. The molecule has 0 radical (unpaired) electrons. The summed E-state index contributed by atoms with van der Waals surface area (Å²) in [5.41, 5.74) is 15.1. The zero-order valence-electron chi connectivity index (χ0n) is 33.1. The van der Waals surface area contributed by atoms with E-state index in [2.05, 4.69) is 20.7 Å². The topological polar surface area (TPSA) is 244 Å². The first-order valence-electron chi connectivity index (χ1n) is 18.3. The molecule has 6 aromatic rings. The van der Waals surface area contributed by atoms with E-state index in [1.165, 1.54) is 32.0 Å². The Morgan fingerprint density at radius 3 is 1.82 bits per heavy atom. The lowest BCUT2D eigenvalue weighted by Crippen LogP contribution is -2.37. The molecule has 0 saturated carbocycles. The fourth-order valence-electron chi connectivity index (χ4n) is 6.53. The van der Waals surface area contributed by atoms with Crippen molar-refractivity contribution in [2.45, 2.75) is 42.4 Å². The van der Waals surface area contributed by atoms with Gasteiger partial charge in [0.1, 0.15) is 22.1 Å². The second kappa shape index (κ2) is 18.1. The molecule has 6 N–H and O–H groups in total. The van der Waals surface area contributed by atoms with Gasteiger partial charge in [0.2, 0.25) is 15.8 Å². The lowest BCUT2D eigenvalue weighted by Gasteiger charge is -2.27. The van der Waals surface area contributed by atoms with E-state index in [-0.39, 0.29) is 53.5 Å². The van der Waals surface area contributed by atoms with Crippen molar-refractivity contribution in [1.29, 1.82) is 0 Å². The summed E-state index contributed by atoms with van der Waals surface area (Å²) in [6, 6.07) is 26.9. The van der Waals surface area contributed by atoms with Gasteiger partial charge in [-0.05, 0) is 82.9 Å². The number of hydrogen-bond acceptors (Lipinski definition) is 13. The first kappa shape index (κ1) is 42.9. The monoisotopic (exact) mass is 856 g/mol. The van der Waals surface area contributed by atoms with Gasteiger partial charge < -0.3 is 36.1 Å². The Balaban J connectivity index is 1.64. The fraction of sp³-hybridized carbons (Fsp3) is 0.220. The predicted octanol–water partition coefficient (Wildman–Crippen LogP) is 5.07.